The molecule has 1 amide bonds. The van der Waals surface area contributed by atoms with Crippen LogP contribution in [-0.4, -0.2) is 28.6 Å². The van der Waals surface area contributed by atoms with Crippen LogP contribution >= 0.6 is 23.4 Å². The third kappa shape index (κ3) is 3.42. The Balaban J connectivity index is 1.84. The number of halogens is 1. The second kappa shape index (κ2) is 7.29. The second-order valence-corrected chi connectivity index (χ2v) is 7.78. The van der Waals surface area contributed by atoms with E-state index in [2.05, 4.69) is 5.32 Å². The summed E-state index contributed by atoms with van der Waals surface area (Å²) >= 11 is 7.61. The number of methoxy groups -OCH3 is 1. The van der Waals surface area contributed by atoms with Crippen molar-refractivity contribution >= 4 is 35.1 Å². The molecule has 5 nitrogen and oxygen atoms in total. The van der Waals surface area contributed by atoms with Crippen molar-refractivity contribution < 1.29 is 9.53 Å². The maximum Gasteiger partial charge on any atom is 0.235 e. The Bertz CT molecular complexity index is 984. The van der Waals surface area contributed by atoms with Crippen LogP contribution in [0.2, 0.25) is 5.02 Å². The molecule has 0 spiro atoms. The maximum absolute atomic E-state index is 12.4. The van der Waals surface area contributed by atoms with Crippen molar-refractivity contribution in [1.29, 1.82) is 0 Å². The van der Waals surface area contributed by atoms with Crippen LogP contribution in [-0.2, 0) is 4.79 Å². The van der Waals surface area contributed by atoms with E-state index in [1.54, 1.807) is 23.6 Å². The summed E-state index contributed by atoms with van der Waals surface area (Å²) in [7, 11) is 1.65. The smallest absolute Gasteiger partial charge is 0.235 e. The van der Waals surface area contributed by atoms with Crippen LogP contribution in [0.15, 0.2) is 48.5 Å². The molecule has 0 fully saturated rings. The van der Waals surface area contributed by atoms with Gasteiger partial charge in [-0.2, -0.15) is 5.10 Å². The number of thioether (sulfide) groups is 1. The number of carbonyl (C=O) groups excluding carboxylic acids is 1. The van der Waals surface area contributed by atoms with E-state index in [1.165, 1.54) is 0 Å². The van der Waals surface area contributed by atoms with Gasteiger partial charge in [0.15, 0.2) is 0 Å². The van der Waals surface area contributed by atoms with E-state index in [9.17, 15) is 4.79 Å². The Hall–Kier alpha value is -2.44. The number of nitrogens with zero attached hydrogens (tertiary/aromatic N) is 2. The predicted molar refractivity (Wildman–Crippen MR) is 109 cm³/mol. The number of hydrogen-bond acceptors (Lipinski definition) is 4. The minimum Gasteiger partial charge on any atom is -0.497 e. The fourth-order valence-corrected chi connectivity index (χ4v) is 4.51. The summed E-state index contributed by atoms with van der Waals surface area (Å²) in [5, 5.41) is 8.39. The number of hydrogen-bond donors (Lipinski definition) is 1. The van der Waals surface area contributed by atoms with Gasteiger partial charge in [-0.3, -0.25) is 4.79 Å². The van der Waals surface area contributed by atoms with E-state index in [0.717, 1.165) is 28.3 Å². The minimum absolute atomic E-state index is 0.00547. The minimum atomic E-state index is -0.0348. The molecule has 1 atom stereocenters. The normalized spacial score (nSPS) is 16.4. The Morgan fingerprint density at radius 2 is 1.89 bits per heavy atom. The van der Waals surface area contributed by atoms with E-state index in [-0.39, 0.29) is 11.2 Å². The number of nitrogens with one attached hydrogen (secondary N) is 1. The number of carbonyl (C=O) groups is 1. The van der Waals surface area contributed by atoms with Crippen LogP contribution in [0.25, 0.3) is 5.69 Å². The standard InChI is InChI=1S/C20H18ClN3O2S/c1-12-18-19(13-3-9-16(26-2)10-4-13)27-11-17(25)22-20(18)24(23-12)15-7-5-14(21)6-8-15/h3-10,19H,11H2,1-2H3,(H,22,25). The molecule has 1 aromatic heterocycles. The first kappa shape index (κ1) is 17.9. The molecule has 0 radical (unpaired) electrons. The Morgan fingerprint density at radius 1 is 1.19 bits per heavy atom. The molecule has 1 unspecified atom stereocenters. The number of amides is 1. The van der Waals surface area contributed by atoms with Crippen molar-refractivity contribution in [2.45, 2.75) is 12.2 Å². The molecule has 0 saturated carbocycles. The highest BCUT2D eigenvalue weighted by Crippen LogP contribution is 2.44. The van der Waals surface area contributed by atoms with Crippen LogP contribution in [0.5, 0.6) is 5.75 Å². The van der Waals surface area contributed by atoms with Crippen molar-refractivity contribution in [1.82, 2.24) is 9.78 Å². The first-order chi connectivity index (χ1) is 13.1. The molecule has 138 valence electrons. The van der Waals surface area contributed by atoms with Crippen molar-refractivity contribution in [2.75, 3.05) is 18.2 Å². The van der Waals surface area contributed by atoms with Crippen molar-refractivity contribution in [3.05, 3.63) is 70.4 Å². The van der Waals surface area contributed by atoms with Gasteiger partial charge in [-0.15, -0.1) is 11.8 Å². The molecule has 7 heteroatoms. The van der Waals surface area contributed by atoms with Crippen LogP contribution < -0.4 is 10.1 Å². The number of ether oxygens (including phenoxy) is 1. The predicted octanol–water partition coefficient (Wildman–Crippen LogP) is 4.62. The largest absolute Gasteiger partial charge is 0.497 e. The summed E-state index contributed by atoms with van der Waals surface area (Å²) in [5.41, 5.74) is 3.86. The highest BCUT2D eigenvalue weighted by Gasteiger charge is 2.30. The third-order valence-electron chi connectivity index (χ3n) is 4.50. The van der Waals surface area contributed by atoms with E-state index in [0.29, 0.717) is 16.6 Å². The van der Waals surface area contributed by atoms with Crippen LogP contribution in [0.1, 0.15) is 22.1 Å². The molecule has 1 N–H and O–H groups in total. The van der Waals surface area contributed by atoms with Gasteiger partial charge in [-0.05, 0) is 48.9 Å². The zero-order chi connectivity index (χ0) is 19.0. The monoisotopic (exact) mass is 399 g/mol. The SMILES string of the molecule is COc1ccc(C2SCC(=O)Nc3c2c(C)nn3-c2ccc(Cl)cc2)cc1. The Kier molecular flexibility index (Phi) is 4.85. The van der Waals surface area contributed by atoms with Crippen molar-refractivity contribution in [3.8, 4) is 11.4 Å². The zero-order valence-corrected chi connectivity index (χ0v) is 16.5. The van der Waals surface area contributed by atoms with Crippen LogP contribution in [0.3, 0.4) is 0 Å². The Morgan fingerprint density at radius 3 is 2.56 bits per heavy atom. The molecule has 0 aliphatic carbocycles. The molecule has 4 rings (SSSR count). The maximum atomic E-state index is 12.4. The first-order valence-corrected chi connectivity index (χ1v) is 9.90. The highest BCUT2D eigenvalue weighted by atomic mass is 35.5. The highest BCUT2D eigenvalue weighted by molar-refractivity contribution is 8.00. The summed E-state index contributed by atoms with van der Waals surface area (Å²) in [5.74, 6) is 1.87. The van der Waals surface area contributed by atoms with Gasteiger partial charge in [-0.1, -0.05) is 23.7 Å². The van der Waals surface area contributed by atoms with Gasteiger partial charge in [0, 0.05) is 10.6 Å². The van der Waals surface area contributed by atoms with Gasteiger partial charge in [-0.25, -0.2) is 4.68 Å². The van der Waals surface area contributed by atoms with Gasteiger partial charge in [0.2, 0.25) is 5.91 Å². The molecule has 2 heterocycles. The summed E-state index contributed by atoms with van der Waals surface area (Å²) in [6.07, 6.45) is 0. The lowest BCUT2D eigenvalue weighted by molar-refractivity contribution is -0.113. The molecule has 1 aliphatic heterocycles. The van der Waals surface area contributed by atoms with Gasteiger partial charge in [0.25, 0.3) is 0 Å². The summed E-state index contributed by atoms with van der Waals surface area (Å²) in [6.45, 7) is 1.97. The fourth-order valence-electron chi connectivity index (χ4n) is 3.19. The van der Waals surface area contributed by atoms with E-state index >= 15 is 0 Å². The van der Waals surface area contributed by atoms with E-state index in [1.807, 2.05) is 55.5 Å². The van der Waals surface area contributed by atoms with Crippen LogP contribution in [0, 0.1) is 6.92 Å². The van der Waals surface area contributed by atoms with Gasteiger partial charge >= 0.3 is 0 Å². The number of fused-ring (bicyclic) bond motifs is 1. The number of rotatable bonds is 3. The summed E-state index contributed by atoms with van der Waals surface area (Å²) < 4.78 is 7.04. The number of aromatic nitrogens is 2. The molecule has 1 aliphatic rings. The van der Waals surface area contributed by atoms with E-state index in [4.69, 9.17) is 21.4 Å². The quantitative estimate of drug-likeness (QED) is 0.698. The molecule has 0 saturated heterocycles. The lowest BCUT2D eigenvalue weighted by Gasteiger charge is -2.16. The fraction of sp³-hybridized carbons (Fsp3) is 0.200. The van der Waals surface area contributed by atoms with Gasteiger partial charge in [0.05, 0.1) is 29.5 Å². The average molecular weight is 400 g/mol. The lowest BCUT2D eigenvalue weighted by Crippen LogP contribution is -2.15. The van der Waals surface area contributed by atoms with Gasteiger partial charge in [0.1, 0.15) is 11.6 Å². The molecule has 0 bridgehead atoms. The molecular formula is C20H18ClN3O2S. The summed E-state index contributed by atoms with van der Waals surface area (Å²) in [4.78, 5) is 12.4. The third-order valence-corrected chi connectivity index (χ3v) is 6.02. The topological polar surface area (TPSA) is 56.1 Å². The van der Waals surface area contributed by atoms with E-state index < -0.39 is 0 Å². The molecule has 3 aromatic rings. The summed E-state index contributed by atoms with van der Waals surface area (Å²) in [6, 6.07) is 15.4. The average Bonchev–Trinajstić information content (AvgIpc) is 2.88. The number of benzene rings is 2. The molecular weight excluding hydrogens is 382 g/mol. The lowest BCUT2D eigenvalue weighted by atomic mass is 10.0. The molecule has 27 heavy (non-hydrogen) atoms. The van der Waals surface area contributed by atoms with Crippen molar-refractivity contribution in [3.63, 3.8) is 0 Å². The van der Waals surface area contributed by atoms with Crippen molar-refractivity contribution in [2.24, 2.45) is 0 Å². The van der Waals surface area contributed by atoms with Crippen LogP contribution in [0.4, 0.5) is 5.82 Å². The second-order valence-electron chi connectivity index (χ2n) is 6.25. The zero-order valence-electron chi connectivity index (χ0n) is 14.9. The number of anilines is 1. The van der Waals surface area contributed by atoms with Gasteiger partial charge < -0.3 is 10.1 Å². The Labute approximate surface area is 166 Å². The molecule has 2 aromatic carbocycles. The number of aryl methyl sites for hydroxylation is 1. The first-order valence-electron chi connectivity index (χ1n) is 8.47.